The molecule has 0 aliphatic carbocycles. The number of anilines is 1. The Kier molecular flexibility index (Phi) is 6.86. The summed E-state index contributed by atoms with van der Waals surface area (Å²) in [6, 6.07) is 9.97. The van der Waals surface area contributed by atoms with Gasteiger partial charge in [-0.1, -0.05) is 29.3 Å². The molecule has 2 N–H and O–H groups in total. The van der Waals surface area contributed by atoms with Gasteiger partial charge in [-0.2, -0.15) is 0 Å². The smallest absolute Gasteiger partial charge is 0.337 e. The number of urea groups is 1. The van der Waals surface area contributed by atoms with Crippen LogP contribution < -0.4 is 15.4 Å². The van der Waals surface area contributed by atoms with Crippen LogP contribution in [0.15, 0.2) is 36.4 Å². The van der Waals surface area contributed by atoms with E-state index in [-0.39, 0.29) is 0 Å². The molecule has 0 bridgehead atoms. The molecule has 7 heteroatoms. The van der Waals surface area contributed by atoms with Crippen molar-refractivity contribution < 1.29 is 19.1 Å². The number of aryl methyl sites for hydroxylation is 2. The maximum atomic E-state index is 12.0. The second-order valence-electron chi connectivity index (χ2n) is 5.68. The molecule has 26 heavy (non-hydrogen) atoms. The van der Waals surface area contributed by atoms with Gasteiger partial charge >= 0.3 is 12.0 Å². The van der Waals surface area contributed by atoms with Crippen molar-refractivity contribution in [3.8, 4) is 5.75 Å². The molecule has 2 aromatic carbocycles. The zero-order chi connectivity index (χ0) is 19.1. The second-order valence-corrected chi connectivity index (χ2v) is 6.09. The maximum Gasteiger partial charge on any atom is 0.337 e. The van der Waals surface area contributed by atoms with E-state index in [1.165, 1.54) is 30.9 Å². The average molecular weight is 377 g/mol. The Labute approximate surface area is 157 Å². The summed E-state index contributed by atoms with van der Waals surface area (Å²) in [5, 5.41) is 5.59. The van der Waals surface area contributed by atoms with E-state index >= 15 is 0 Å². The van der Waals surface area contributed by atoms with E-state index in [1.54, 1.807) is 0 Å². The standard InChI is InChI=1S/C19H21ClN2O4/c1-12-4-7-17(13(2)10-12)26-9-8-21-19(24)22-16-11-14(18(23)25-3)5-6-15(16)20/h4-7,10-11H,8-9H2,1-3H3,(H2,21,22,24). The molecule has 6 nitrogen and oxygen atoms in total. The van der Waals surface area contributed by atoms with Crippen LogP contribution in [0.25, 0.3) is 0 Å². The molecule has 0 fully saturated rings. The number of hydrogen-bond acceptors (Lipinski definition) is 4. The van der Waals surface area contributed by atoms with Crippen molar-refractivity contribution in [2.45, 2.75) is 13.8 Å². The summed E-state index contributed by atoms with van der Waals surface area (Å²) in [7, 11) is 1.28. The molecule has 2 rings (SSSR count). The molecular formula is C19H21ClN2O4. The van der Waals surface area contributed by atoms with Gasteiger partial charge in [0.05, 0.1) is 29.9 Å². The Balaban J connectivity index is 1.84. The summed E-state index contributed by atoms with van der Waals surface area (Å²) < 4.78 is 10.3. The van der Waals surface area contributed by atoms with Crippen molar-refractivity contribution in [3.63, 3.8) is 0 Å². The Morgan fingerprint density at radius 1 is 1.12 bits per heavy atom. The number of halogens is 1. The fraction of sp³-hybridized carbons (Fsp3) is 0.263. The van der Waals surface area contributed by atoms with E-state index in [0.717, 1.165) is 11.3 Å². The molecule has 2 amide bonds. The van der Waals surface area contributed by atoms with Gasteiger partial charge < -0.3 is 20.1 Å². The molecule has 138 valence electrons. The fourth-order valence-electron chi connectivity index (χ4n) is 2.32. The number of nitrogens with one attached hydrogen (secondary N) is 2. The molecule has 0 atom stereocenters. The zero-order valence-electron chi connectivity index (χ0n) is 14.9. The first kappa shape index (κ1) is 19.6. The molecule has 0 aromatic heterocycles. The highest BCUT2D eigenvalue weighted by atomic mass is 35.5. The lowest BCUT2D eigenvalue weighted by molar-refractivity contribution is 0.0600. The van der Waals surface area contributed by atoms with Gasteiger partial charge in [-0.05, 0) is 43.7 Å². The number of rotatable bonds is 6. The van der Waals surface area contributed by atoms with E-state index in [4.69, 9.17) is 16.3 Å². The zero-order valence-corrected chi connectivity index (χ0v) is 15.6. The minimum absolute atomic E-state index is 0.297. The van der Waals surface area contributed by atoms with Crippen molar-refractivity contribution in [1.82, 2.24) is 5.32 Å². The van der Waals surface area contributed by atoms with Crippen LogP contribution in [0.4, 0.5) is 10.5 Å². The van der Waals surface area contributed by atoms with Crippen LogP contribution in [-0.4, -0.2) is 32.3 Å². The van der Waals surface area contributed by atoms with Crippen LogP contribution in [0, 0.1) is 13.8 Å². The van der Waals surface area contributed by atoms with Gasteiger partial charge in [0.1, 0.15) is 12.4 Å². The number of carbonyl (C=O) groups is 2. The molecule has 0 heterocycles. The Morgan fingerprint density at radius 2 is 1.88 bits per heavy atom. The van der Waals surface area contributed by atoms with Crippen LogP contribution in [0.2, 0.25) is 5.02 Å². The van der Waals surface area contributed by atoms with E-state index in [0.29, 0.717) is 29.4 Å². The number of methoxy groups -OCH3 is 1. The minimum Gasteiger partial charge on any atom is -0.491 e. The molecule has 0 aliphatic heterocycles. The third-order valence-electron chi connectivity index (χ3n) is 3.61. The highest BCUT2D eigenvalue weighted by molar-refractivity contribution is 6.33. The lowest BCUT2D eigenvalue weighted by Crippen LogP contribution is -2.32. The molecule has 0 unspecified atom stereocenters. The van der Waals surface area contributed by atoms with E-state index in [1.807, 2.05) is 32.0 Å². The van der Waals surface area contributed by atoms with Crippen LogP contribution in [0.5, 0.6) is 5.75 Å². The lowest BCUT2D eigenvalue weighted by atomic mass is 10.1. The summed E-state index contributed by atoms with van der Waals surface area (Å²) in [6.45, 7) is 4.63. The predicted octanol–water partition coefficient (Wildman–Crippen LogP) is 3.94. The monoisotopic (exact) mass is 376 g/mol. The first-order chi connectivity index (χ1) is 12.4. The lowest BCUT2D eigenvalue weighted by Gasteiger charge is -2.12. The van der Waals surface area contributed by atoms with Crippen molar-refractivity contribution in [2.24, 2.45) is 0 Å². The summed E-state index contributed by atoms with van der Waals surface area (Å²) in [6.07, 6.45) is 0. The maximum absolute atomic E-state index is 12.0. The Bertz CT molecular complexity index is 808. The van der Waals surface area contributed by atoms with E-state index in [9.17, 15) is 9.59 Å². The van der Waals surface area contributed by atoms with Crippen LogP contribution in [-0.2, 0) is 4.74 Å². The summed E-state index contributed by atoms with van der Waals surface area (Å²) >= 11 is 6.04. The van der Waals surface area contributed by atoms with E-state index in [2.05, 4.69) is 15.4 Å². The van der Waals surface area contributed by atoms with Gasteiger partial charge in [-0.15, -0.1) is 0 Å². The topological polar surface area (TPSA) is 76.7 Å². The molecule has 0 radical (unpaired) electrons. The number of amides is 2. The predicted molar refractivity (Wildman–Crippen MR) is 101 cm³/mol. The first-order valence-corrected chi connectivity index (χ1v) is 8.41. The highest BCUT2D eigenvalue weighted by Gasteiger charge is 2.11. The first-order valence-electron chi connectivity index (χ1n) is 8.03. The molecular weight excluding hydrogens is 356 g/mol. The largest absolute Gasteiger partial charge is 0.491 e. The Morgan fingerprint density at radius 3 is 2.58 bits per heavy atom. The minimum atomic E-state index is -0.507. The average Bonchev–Trinajstić information content (AvgIpc) is 2.61. The van der Waals surface area contributed by atoms with Gasteiger partial charge in [0.2, 0.25) is 0 Å². The number of esters is 1. The van der Waals surface area contributed by atoms with E-state index < -0.39 is 12.0 Å². The third-order valence-corrected chi connectivity index (χ3v) is 3.94. The summed E-state index contributed by atoms with van der Waals surface area (Å²) in [5.74, 6) is 0.277. The Hall–Kier alpha value is -2.73. The van der Waals surface area contributed by atoms with Crippen molar-refractivity contribution >= 4 is 29.3 Å². The second kappa shape index (κ2) is 9.10. The molecule has 2 aromatic rings. The molecule has 0 spiro atoms. The quantitative estimate of drug-likeness (QED) is 0.591. The fourth-order valence-corrected chi connectivity index (χ4v) is 2.48. The molecule has 0 saturated heterocycles. The number of ether oxygens (including phenoxy) is 2. The number of benzene rings is 2. The number of hydrogen-bond donors (Lipinski definition) is 2. The summed E-state index contributed by atoms with van der Waals surface area (Å²) in [4.78, 5) is 23.5. The summed E-state index contributed by atoms with van der Waals surface area (Å²) in [5.41, 5.74) is 2.83. The van der Waals surface area contributed by atoms with Gasteiger partial charge in [0.25, 0.3) is 0 Å². The van der Waals surface area contributed by atoms with Gasteiger partial charge in [-0.3, -0.25) is 0 Å². The molecule has 0 saturated carbocycles. The van der Waals surface area contributed by atoms with Gasteiger partial charge in [0, 0.05) is 0 Å². The van der Waals surface area contributed by atoms with Crippen molar-refractivity contribution in [2.75, 3.05) is 25.6 Å². The highest BCUT2D eigenvalue weighted by Crippen LogP contribution is 2.23. The molecule has 0 aliphatic rings. The van der Waals surface area contributed by atoms with Crippen molar-refractivity contribution in [3.05, 3.63) is 58.1 Å². The van der Waals surface area contributed by atoms with Crippen LogP contribution in [0.3, 0.4) is 0 Å². The van der Waals surface area contributed by atoms with Crippen LogP contribution in [0.1, 0.15) is 21.5 Å². The van der Waals surface area contributed by atoms with Gasteiger partial charge in [-0.25, -0.2) is 9.59 Å². The number of carbonyl (C=O) groups excluding carboxylic acids is 2. The SMILES string of the molecule is COC(=O)c1ccc(Cl)c(NC(=O)NCCOc2ccc(C)cc2C)c1. The van der Waals surface area contributed by atoms with Crippen LogP contribution >= 0.6 is 11.6 Å². The normalized spacial score (nSPS) is 10.2. The van der Waals surface area contributed by atoms with Gasteiger partial charge in [0.15, 0.2) is 0 Å². The third kappa shape index (κ3) is 5.39. The van der Waals surface area contributed by atoms with Crippen molar-refractivity contribution in [1.29, 1.82) is 0 Å².